The highest BCUT2D eigenvalue weighted by Gasteiger charge is 2.42. The van der Waals surface area contributed by atoms with Crippen molar-refractivity contribution in [1.82, 2.24) is 19.9 Å². The van der Waals surface area contributed by atoms with Gasteiger partial charge in [-0.2, -0.15) is 10.5 Å². The van der Waals surface area contributed by atoms with Gasteiger partial charge in [0.2, 0.25) is 0 Å². The van der Waals surface area contributed by atoms with Crippen LogP contribution in [0.5, 0.6) is 0 Å². The van der Waals surface area contributed by atoms with E-state index in [0.29, 0.717) is 22.3 Å². The van der Waals surface area contributed by atoms with Crippen molar-refractivity contribution in [1.29, 1.82) is 10.5 Å². The third kappa shape index (κ3) is 5.01. The van der Waals surface area contributed by atoms with Crippen LogP contribution in [0.25, 0.3) is 33.3 Å². The molecule has 0 saturated carbocycles. The van der Waals surface area contributed by atoms with Gasteiger partial charge in [-0.1, -0.05) is 17.3 Å². The molecule has 3 aromatic carbocycles. The van der Waals surface area contributed by atoms with Crippen molar-refractivity contribution in [2.24, 2.45) is 5.73 Å². The van der Waals surface area contributed by atoms with Crippen LogP contribution in [0.15, 0.2) is 42.5 Å². The molecule has 11 heteroatoms. The summed E-state index contributed by atoms with van der Waals surface area (Å²) >= 11 is 0. The number of piperidine rings is 1. The monoisotopic (exact) mass is 581 g/mol. The number of amides is 1. The zero-order chi connectivity index (χ0) is 30.6. The quantitative estimate of drug-likeness (QED) is 0.349. The predicted octanol–water partition coefficient (Wildman–Crippen LogP) is 4.65. The lowest BCUT2D eigenvalue weighted by molar-refractivity contribution is 0.0571. The van der Waals surface area contributed by atoms with Gasteiger partial charge in [0.05, 0.1) is 17.7 Å². The van der Waals surface area contributed by atoms with E-state index >= 15 is 4.39 Å². The molecule has 0 spiro atoms. The maximum atomic E-state index is 16.2. The van der Waals surface area contributed by atoms with E-state index in [1.54, 1.807) is 44.2 Å². The summed E-state index contributed by atoms with van der Waals surface area (Å²) in [5.41, 5.74) is 6.28. The van der Waals surface area contributed by atoms with Crippen LogP contribution in [0.4, 0.5) is 8.78 Å². The zero-order valence-corrected chi connectivity index (χ0v) is 23.7. The largest absolute Gasteiger partial charge is 0.389 e. The van der Waals surface area contributed by atoms with Crippen molar-refractivity contribution in [2.45, 2.75) is 69.8 Å². The Kier molecular flexibility index (Phi) is 6.96. The first-order valence-electron chi connectivity index (χ1n) is 14.1. The first-order chi connectivity index (χ1) is 20.5. The van der Waals surface area contributed by atoms with Crippen LogP contribution < -0.4 is 5.73 Å². The smallest absolute Gasteiger partial charge is 0.254 e. The van der Waals surface area contributed by atoms with Gasteiger partial charge in [-0.05, 0) is 86.6 Å². The molecule has 43 heavy (non-hydrogen) atoms. The summed E-state index contributed by atoms with van der Waals surface area (Å²) in [5, 5.41) is 37.7. The van der Waals surface area contributed by atoms with Gasteiger partial charge in [-0.25, -0.2) is 13.5 Å². The Balaban J connectivity index is 1.52. The number of aromatic nitrogens is 3. The third-order valence-corrected chi connectivity index (χ3v) is 8.34. The Bertz CT molecular complexity index is 1850. The topological polar surface area (TPSA) is 145 Å². The van der Waals surface area contributed by atoms with Crippen LogP contribution in [0.3, 0.4) is 0 Å². The summed E-state index contributed by atoms with van der Waals surface area (Å²) in [5.74, 6) is -1.77. The summed E-state index contributed by atoms with van der Waals surface area (Å²) in [6.07, 6.45) is 3.22. The lowest BCUT2D eigenvalue weighted by Crippen LogP contribution is -2.50. The van der Waals surface area contributed by atoms with Gasteiger partial charge < -0.3 is 15.7 Å². The highest BCUT2D eigenvalue weighted by Crippen LogP contribution is 2.40. The minimum Gasteiger partial charge on any atom is -0.389 e. The second-order valence-electron chi connectivity index (χ2n) is 12.0. The lowest BCUT2D eigenvalue weighted by atomic mass is 9.90. The minimum absolute atomic E-state index is 0.0159. The molecular weight excluding hydrogens is 552 g/mol. The van der Waals surface area contributed by atoms with E-state index in [1.807, 2.05) is 11.0 Å². The number of aliphatic hydroxyl groups is 1. The summed E-state index contributed by atoms with van der Waals surface area (Å²) in [4.78, 5) is 15.7. The summed E-state index contributed by atoms with van der Waals surface area (Å²) in [6, 6.07) is 14.1. The fourth-order valence-electron chi connectivity index (χ4n) is 6.52. The van der Waals surface area contributed by atoms with E-state index in [9.17, 15) is 24.8 Å². The van der Waals surface area contributed by atoms with Gasteiger partial charge in [0, 0.05) is 29.3 Å². The second kappa shape index (κ2) is 10.5. The van der Waals surface area contributed by atoms with E-state index in [1.165, 1.54) is 22.9 Å². The van der Waals surface area contributed by atoms with Gasteiger partial charge in [0.1, 0.15) is 34.6 Å². The van der Waals surface area contributed by atoms with Gasteiger partial charge >= 0.3 is 0 Å². The Morgan fingerprint density at radius 2 is 1.77 bits per heavy atom. The summed E-state index contributed by atoms with van der Waals surface area (Å²) < 4.78 is 32.3. The number of nitrogens with two attached hydrogens (primary N) is 1. The van der Waals surface area contributed by atoms with Crippen molar-refractivity contribution >= 4 is 16.9 Å². The van der Waals surface area contributed by atoms with Crippen LogP contribution in [0.2, 0.25) is 0 Å². The van der Waals surface area contributed by atoms with Crippen molar-refractivity contribution in [3.8, 4) is 34.4 Å². The van der Waals surface area contributed by atoms with E-state index in [4.69, 9.17) is 5.73 Å². The number of nitriles is 2. The van der Waals surface area contributed by atoms with Crippen LogP contribution in [0.1, 0.15) is 61.0 Å². The molecule has 6 rings (SSSR count). The molecule has 2 aliphatic heterocycles. The fourth-order valence-corrected chi connectivity index (χ4v) is 6.52. The van der Waals surface area contributed by atoms with Crippen molar-refractivity contribution in [3.05, 3.63) is 70.8 Å². The first-order valence-corrected chi connectivity index (χ1v) is 14.1. The molecule has 0 radical (unpaired) electrons. The SMILES string of the molecule is CC(C)(O)Cn1nnc2cc(-c3ccc(C(=O)N4C5CCC4CC(N)C5)cc3-c3ccc(C#N)c(F)c3)c(F)c(C#N)c21. The Hall–Kier alpha value is -4.71. The molecule has 3 heterocycles. The second-order valence-corrected chi connectivity index (χ2v) is 12.0. The Labute approximate surface area is 246 Å². The number of halogens is 2. The van der Waals surface area contributed by atoms with Crippen molar-refractivity contribution in [3.63, 3.8) is 0 Å². The maximum Gasteiger partial charge on any atom is 0.254 e. The molecule has 1 amide bonds. The molecule has 2 unspecified atom stereocenters. The van der Waals surface area contributed by atoms with E-state index in [-0.39, 0.29) is 58.3 Å². The summed E-state index contributed by atoms with van der Waals surface area (Å²) in [7, 11) is 0. The molecule has 2 atom stereocenters. The zero-order valence-electron chi connectivity index (χ0n) is 23.7. The standard InChI is InChI=1S/C32H29F2N7O2/c1-32(2,43)16-40-30-26(15-36)29(34)25(13-28(30)38-39-40)23-8-5-18(9-24(23)17-3-4-19(14-35)27(33)10-17)31(42)41-21-6-7-22(41)12-20(37)11-21/h3-5,8-10,13,20-22,43H,6-7,11-12,16,37H2,1-2H3. The highest BCUT2D eigenvalue weighted by molar-refractivity contribution is 5.99. The van der Waals surface area contributed by atoms with E-state index in [2.05, 4.69) is 10.3 Å². The fraction of sp³-hybridized carbons (Fsp3) is 0.344. The predicted molar refractivity (Wildman–Crippen MR) is 154 cm³/mol. The number of carbonyl (C=O) groups excluding carboxylic acids is 1. The van der Waals surface area contributed by atoms with Crippen LogP contribution in [-0.2, 0) is 6.54 Å². The van der Waals surface area contributed by atoms with Gasteiger partial charge in [-0.15, -0.1) is 5.10 Å². The molecule has 2 aliphatic rings. The van der Waals surface area contributed by atoms with Crippen LogP contribution >= 0.6 is 0 Å². The summed E-state index contributed by atoms with van der Waals surface area (Å²) in [6.45, 7) is 3.10. The Morgan fingerprint density at radius 3 is 2.40 bits per heavy atom. The van der Waals surface area contributed by atoms with Crippen LogP contribution in [-0.4, -0.2) is 54.6 Å². The number of hydrogen-bond donors (Lipinski definition) is 2. The molecule has 2 fully saturated rings. The molecule has 3 N–H and O–H groups in total. The lowest BCUT2D eigenvalue weighted by Gasteiger charge is -2.38. The van der Waals surface area contributed by atoms with Crippen LogP contribution in [0, 0.1) is 34.3 Å². The highest BCUT2D eigenvalue weighted by atomic mass is 19.1. The van der Waals surface area contributed by atoms with E-state index < -0.39 is 17.2 Å². The normalized spacial score (nSPS) is 19.8. The van der Waals surface area contributed by atoms with E-state index in [0.717, 1.165) is 25.7 Å². The van der Waals surface area contributed by atoms with Gasteiger partial charge in [0.15, 0.2) is 5.82 Å². The van der Waals surface area contributed by atoms with Gasteiger partial charge in [0.25, 0.3) is 5.91 Å². The van der Waals surface area contributed by atoms with Gasteiger partial charge in [-0.3, -0.25) is 4.79 Å². The molecular formula is C32H29F2N7O2. The average Bonchev–Trinajstić information content (AvgIpc) is 3.48. The molecule has 9 nitrogen and oxygen atoms in total. The third-order valence-electron chi connectivity index (χ3n) is 8.34. The number of fused-ring (bicyclic) bond motifs is 3. The molecule has 1 aromatic heterocycles. The molecule has 4 aromatic rings. The minimum atomic E-state index is -1.20. The molecule has 218 valence electrons. The first kappa shape index (κ1) is 28.4. The average molecular weight is 582 g/mol. The number of carbonyl (C=O) groups is 1. The number of nitrogens with zero attached hydrogens (tertiary/aromatic N) is 6. The van der Waals surface area contributed by atoms with Crippen molar-refractivity contribution in [2.75, 3.05) is 0 Å². The number of benzene rings is 3. The molecule has 2 saturated heterocycles. The maximum absolute atomic E-state index is 16.2. The number of hydrogen-bond acceptors (Lipinski definition) is 7. The molecule has 2 bridgehead atoms. The molecule has 0 aliphatic carbocycles. The van der Waals surface area contributed by atoms with Crippen molar-refractivity contribution < 1.29 is 18.7 Å². The Morgan fingerprint density at radius 1 is 1.05 bits per heavy atom. The number of rotatable bonds is 5.